The van der Waals surface area contributed by atoms with E-state index >= 15 is 0 Å². The SMILES string of the molecule is CC(NCC1CCN(CCO)CC1)c1ccccc1Cl. The maximum atomic E-state index is 8.95. The molecule has 112 valence electrons. The predicted molar refractivity (Wildman–Crippen MR) is 84.1 cm³/mol. The largest absolute Gasteiger partial charge is 0.395 e. The molecule has 0 spiro atoms. The van der Waals surface area contributed by atoms with E-state index in [4.69, 9.17) is 16.7 Å². The molecule has 1 atom stereocenters. The van der Waals surface area contributed by atoms with Crippen molar-refractivity contribution in [2.75, 3.05) is 32.8 Å². The average molecular weight is 297 g/mol. The van der Waals surface area contributed by atoms with Gasteiger partial charge in [0.15, 0.2) is 0 Å². The number of β-amino-alcohol motifs (C(OH)–C–C–N with tert-alkyl or cyclic N) is 1. The summed E-state index contributed by atoms with van der Waals surface area (Å²) in [5.41, 5.74) is 1.17. The lowest BCUT2D eigenvalue weighted by molar-refractivity contribution is 0.146. The molecule has 1 saturated heterocycles. The number of likely N-dealkylation sites (tertiary alicyclic amines) is 1. The Morgan fingerprint density at radius 3 is 2.70 bits per heavy atom. The summed E-state index contributed by atoms with van der Waals surface area (Å²) < 4.78 is 0. The van der Waals surface area contributed by atoms with Crippen LogP contribution in [0.25, 0.3) is 0 Å². The summed E-state index contributed by atoms with van der Waals surface area (Å²) >= 11 is 6.22. The number of aliphatic hydroxyl groups excluding tert-OH is 1. The van der Waals surface area contributed by atoms with Gasteiger partial charge in [-0.15, -0.1) is 0 Å². The van der Waals surface area contributed by atoms with Crippen molar-refractivity contribution in [2.24, 2.45) is 5.92 Å². The van der Waals surface area contributed by atoms with Crippen molar-refractivity contribution >= 4 is 11.6 Å². The molecule has 4 heteroatoms. The Kier molecular flexibility index (Phi) is 6.30. The molecule has 0 aliphatic carbocycles. The zero-order valence-corrected chi connectivity index (χ0v) is 12.9. The van der Waals surface area contributed by atoms with Gasteiger partial charge in [-0.1, -0.05) is 29.8 Å². The highest BCUT2D eigenvalue weighted by Crippen LogP contribution is 2.23. The van der Waals surface area contributed by atoms with Crippen LogP contribution in [0.1, 0.15) is 31.4 Å². The summed E-state index contributed by atoms with van der Waals surface area (Å²) in [6, 6.07) is 8.33. The van der Waals surface area contributed by atoms with E-state index in [9.17, 15) is 0 Å². The molecule has 1 aliphatic rings. The zero-order valence-electron chi connectivity index (χ0n) is 12.2. The number of benzene rings is 1. The first kappa shape index (κ1) is 15.8. The normalized spacial score (nSPS) is 19.1. The lowest BCUT2D eigenvalue weighted by atomic mass is 9.96. The van der Waals surface area contributed by atoms with Crippen molar-refractivity contribution in [1.29, 1.82) is 0 Å². The van der Waals surface area contributed by atoms with Gasteiger partial charge in [0.25, 0.3) is 0 Å². The highest BCUT2D eigenvalue weighted by Gasteiger charge is 2.19. The maximum Gasteiger partial charge on any atom is 0.0558 e. The van der Waals surface area contributed by atoms with Gasteiger partial charge in [-0.05, 0) is 56.9 Å². The highest BCUT2D eigenvalue weighted by atomic mass is 35.5. The summed E-state index contributed by atoms with van der Waals surface area (Å²) in [6.45, 7) is 6.50. The fourth-order valence-electron chi connectivity index (χ4n) is 2.84. The van der Waals surface area contributed by atoms with E-state index in [-0.39, 0.29) is 6.61 Å². The molecule has 1 heterocycles. The van der Waals surface area contributed by atoms with Crippen LogP contribution in [0.5, 0.6) is 0 Å². The van der Waals surface area contributed by atoms with Crippen molar-refractivity contribution in [3.8, 4) is 0 Å². The second kappa shape index (κ2) is 7.99. The first-order valence-electron chi connectivity index (χ1n) is 7.51. The third-order valence-corrected chi connectivity index (χ3v) is 4.55. The predicted octanol–water partition coefficient (Wildman–Crippen LogP) is 2.69. The molecule has 20 heavy (non-hydrogen) atoms. The number of rotatable bonds is 6. The van der Waals surface area contributed by atoms with Crippen molar-refractivity contribution in [2.45, 2.75) is 25.8 Å². The van der Waals surface area contributed by atoms with Crippen LogP contribution in [0, 0.1) is 5.92 Å². The van der Waals surface area contributed by atoms with Gasteiger partial charge in [0.05, 0.1) is 6.61 Å². The molecule has 1 aromatic rings. The molecule has 1 aliphatic heterocycles. The first-order valence-corrected chi connectivity index (χ1v) is 7.89. The molecule has 1 unspecified atom stereocenters. The van der Waals surface area contributed by atoms with Gasteiger partial charge in [0.1, 0.15) is 0 Å². The third-order valence-electron chi connectivity index (χ3n) is 4.21. The monoisotopic (exact) mass is 296 g/mol. The van der Waals surface area contributed by atoms with Crippen LogP contribution in [-0.4, -0.2) is 42.8 Å². The smallest absolute Gasteiger partial charge is 0.0558 e. The topological polar surface area (TPSA) is 35.5 Å². The number of nitrogens with zero attached hydrogens (tertiary/aromatic N) is 1. The molecule has 2 N–H and O–H groups in total. The Hall–Kier alpha value is -0.610. The van der Waals surface area contributed by atoms with Crippen LogP contribution < -0.4 is 5.32 Å². The maximum absolute atomic E-state index is 8.95. The minimum atomic E-state index is 0.270. The molecule has 1 fully saturated rings. The molecule has 0 saturated carbocycles. The molecule has 1 aromatic carbocycles. The quantitative estimate of drug-likeness (QED) is 0.847. The minimum absolute atomic E-state index is 0.270. The Bertz CT molecular complexity index is 405. The van der Waals surface area contributed by atoms with Crippen molar-refractivity contribution in [3.63, 3.8) is 0 Å². The Labute approximate surface area is 126 Å². The molecule has 3 nitrogen and oxygen atoms in total. The van der Waals surface area contributed by atoms with Crippen LogP contribution in [-0.2, 0) is 0 Å². The van der Waals surface area contributed by atoms with E-state index in [1.807, 2.05) is 18.2 Å². The summed E-state index contributed by atoms with van der Waals surface area (Å²) in [4.78, 5) is 2.34. The van der Waals surface area contributed by atoms with Gasteiger partial charge >= 0.3 is 0 Å². The fourth-order valence-corrected chi connectivity index (χ4v) is 3.13. The van der Waals surface area contributed by atoms with Gasteiger partial charge in [-0.2, -0.15) is 0 Å². The second-order valence-corrected chi connectivity index (χ2v) is 6.07. The Balaban J connectivity index is 1.75. The highest BCUT2D eigenvalue weighted by molar-refractivity contribution is 6.31. The van der Waals surface area contributed by atoms with E-state index in [0.717, 1.165) is 37.1 Å². The van der Waals surface area contributed by atoms with Crippen molar-refractivity contribution in [1.82, 2.24) is 10.2 Å². The van der Waals surface area contributed by atoms with Gasteiger partial charge in [-0.25, -0.2) is 0 Å². The average Bonchev–Trinajstić information content (AvgIpc) is 2.47. The van der Waals surface area contributed by atoms with E-state index in [2.05, 4.69) is 23.2 Å². The minimum Gasteiger partial charge on any atom is -0.395 e. The molecular formula is C16H25ClN2O. The summed E-state index contributed by atoms with van der Waals surface area (Å²) in [6.07, 6.45) is 2.42. The van der Waals surface area contributed by atoms with Crippen LogP contribution in [0.15, 0.2) is 24.3 Å². The molecule has 2 rings (SSSR count). The lowest BCUT2D eigenvalue weighted by Gasteiger charge is -2.32. The van der Waals surface area contributed by atoms with Gasteiger partial charge < -0.3 is 15.3 Å². The molecule has 0 amide bonds. The van der Waals surface area contributed by atoms with Crippen LogP contribution in [0.2, 0.25) is 5.02 Å². The van der Waals surface area contributed by atoms with E-state index in [0.29, 0.717) is 6.04 Å². The summed E-state index contributed by atoms with van der Waals surface area (Å²) in [5.74, 6) is 0.731. The summed E-state index contributed by atoms with van der Waals surface area (Å²) in [7, 11) is 0. The Morgan fingerprint density at radius 2 is 2.05 bits per heavy atom. The van der Waals surface area contributed by atoms with E-state index in [1.54, 1.807) is 0 Å². The molecule has 0 bridgehead atoms. The van der Waals surface area contributed by atoms with Gasteiger partial charge in [0.2, 0.25) is 0 Å². The number of hydrogen-bond acceptors (Lipinski definition) is 3. The van der Waals surface area contributed by atoms with Crippen molar-refractivity contribution in [3.05, 3.63) is 34.9 Å². The number of piperidine rings is 1. The van der Waals surface area contributed by atoms with Crippen LogP contribution in [0.3, 0.4) is 0 Å². The Morgan fingerprint density at radius 1 is 1.35 bits per heavy atom. The van der Waals surface area contributed by atoms with Crippen LogP contribution in [0.4, 0.5) is 0 Å². The molecule has 0 aromatic heterocycles. The molecule has 0 radical (unpaired) electrons. The lowest BCUT2D eigenvalue weighted by Crippen LogP contribution is -2.39. The standard InChI is InChI=1S/C16H25ClN2O/c1-13(15-4-2-3-5-16(15)17)18-12-14-6-8-19(9-7-14)10-11-20/h2-5,13-14,18,20H,6-12H2,1H3. The summed E-state index contributed by atoms with van der Waals surface area (Å²) in [5, 5.41) is 13.4. The van der Waals surface area contributed by atoms with E-state index < -0.39 is 0 Å². The molecular weight excluding hydrogens is 272 g/mol. The number of halogens is 1. The van der Waals surface area contributed by atoms with E-state index in [1.165, 1.54) is 18.4 Å². The number of nitrogens with one attached hydrogen (secondary N) is 1. The number of hydrogen-bond donors (Lipinski definition) is 2. The van der Waals surface area contributed by atoms with Crippen molar-refractivity contribution < 1.29 is 5.11 Å². The zero-order chi connectivity index (χ0) is 14.4. The second-order valence-electron chi connectivity index (χ2n) is 5.66. The van der Waals surface area contributed by atoms with Gasteiger partial charge in [0, 0.05) is 17.6 Å². The van der Waals surface area contributed by atoms with Gasteiger partial charge in [-0.3, -0.25) is 0 Å². The third kappa shape index (κ3) is 4.45. The fraction of sp³-hybridized carbons (Fsp3) is 0.625. The number of aliphatic hydroxyl groups is 1. The van der Waals surface area contributed by atoms with Crippen LogP contribution >= 0.6 is 11.6 Å². The first-order chi connectivity index (χ1) is 9.70.